The van der Waals surface area contributed by atoms with Crippen molar-refractivity contribution >= 4 is 23.2 Å². The molecule has 0 fully saturated rings. The van der Waals surface area contributed by atoms with E-state index >= 15 is 0 Å². The van der Waals surface area contributed by atoms with Crippen LogP contribution in [0.25, 0.3) is 11.3 Å². The molecule has 2 aromatic heterocycles. The van der Waals surface area contributed by atoms with Gasteiger partial charge < -0.3 is 16.0 Å². The van der Waals surface area contributed by atoms with Crippen LogP contribution in [-0.4, -0.2) is 16.0 Å². The van der Waals surface area contributed by atoms with Crippen molar-refractivity contribution in [1.82, 2.24) is 9.97 Å². The first-order valence-corrected chi connectivity index (χ1v) is 7.47. The number of benzene rings is 1. The lowest BCUT2D eigenvalue weighted by Crippen LogP contribution is -2.20. The molecule has 134 valence electrons. The van der Waals surface area contributed by atoms with Crippen LogP contribution in [0.4, 0.5) is 35.2 Å². The largest absolute Gasteiger partial charge is 0.416 e. The number of nitrogens with one attached hydrogen (secondary N) is 3. The first-order valence-electron chi connectivity index (χ1n) is 7.47. The summed E-state index contributed by atoms with van der Waals surface area (Å²) in [5.41, 5.74) is 7.58. The highest BCUT2D eigenvalue weighted by Crippen LogP contribution is 2.30. The van der Waals surface area contributed by atoms with Gasteiger partial charge in [-0.15, -0.1) is 0 Å². The third-order valence-corrected chi connectivity index (χ3v) is 3.54. The molecule has 0 unspecified atom stereocenters. The lowest BCUT2D eigenvalue weighted by Gasteiger charge is -2.10. The molecule has 0 bridgehead atoms. The lowest BCUT2D eigenvalue weighted by atomic mass is 10.1. The number of aromatic nitrogens is 2. The van der Waals surface area contributed by atoms with Crippen molar-refractivity contribution in [2.24, 2.45) is 0 Å². The molecule has 0 atom stereocenters. The summed E-state index contributed by atoms with van der Waals surface area (Å²) in [6.07, 6.45) is -1.81. The summed E-state index contributed by atoms with van der Waals surface area (Å²) < 4.78 is 38.0. The Morgan fingerprint density at radius 2 is 1.81 bits per heavy atom. The number of H-pyrrole nitrogens is 1. The Morgan fingerprint density at radius 1 is 1.08 bits per heavy atom. The first-order chi connectivity index (χ1) is 12.3. The molecular weight excluding hydrogens is 347 g/mol. The molecule has 0 aliphatic rings. The second-order valence-corrected chi connectivity index (χ2v) is 5.39. The molecular formula is C17H14F3N5O. The quantitative estimate of drug-likeness (QED) is 0.559. The van der Waals surface area contributed by atoms with Crippen LogP contribution in [0.5, 0.6) is 0 Å². The SMILES string of the molecule is Nc1cc[nH]c1-c1ccc(NC(=O)Nc2cc(C(F)(F)F)ccn2)cc1. The molecule has 3 rings (SSSR count). The molecule has 6 nitrogen and oxygen atoms in total. The van der Waals surface area contributed by atoms with E-state index in [0.29, 0.717) is 11.4 Å². The van der Waals surface area contributed by atoms with Gasteiger partial charge in [-0.25, -0.2) is 9.78 Å². The van der Waals surface area contributed by atoms with Crippen molar-refractivity contribution < 1.29 is 18.0 Å². The topological polar surface area (TPSA) is 95.8 Å². The van der Waals surface area contributed by atoms with Crippen molar-refractivity contribution in [3.05, 3.63) is 60.4 Å². The Labute approximate surface area is 146 Å². The van der Waals surface area contributed by atoms with Crippen molar-refractivity contribution in [2.75, 3.05) is 16.4 Å². The van der Waals surface area contributed by atoms with Crippen LogP contribution in [0, 0.1) is 0 Å². The van der Waals surface area contributed by atoms with Gasteiger partial charge in [0.2, 0.25) is 0 Å². The average Bonchev–Trinajstić information content (AvgIpc) is 3.01. The number of hydrogen-bond donors (Lipinski definition) is 4. The second kappa shape index (κ2) is 6.79. The van der Waals surface area contributed by atoms with E-state index in [0.717, 1.165) is 29.6 Å². The first kappa shape index (κ1) is 17.3. The van der Waals surface area contributed by atoms with Gasteiger partial charge in [-0.1, -0.05) is 12.1 Å². The summed E-state index contributed by atoms with van der Waals surface area (Å²) in [4.78, 5) is 18.7. The number of rotatable bonds is 3. The lowest BCUT2D eigenvalue weighted by molar-refractivity contribution is -0.137. The van der Waals surface area contributed by atoms with Gasteiger partial charge >= 0.3 is 12.2 Å². The Kier molecular flexibility index (Phi) is 4.53. The van der Waals surface area contributed by atoms with Crippen molar-refractivity contribution in [3.8, 4) is 11.3 Å². The Morgan fingerprint density at radius 3 is 2.42 bits per heavy atom. The summed E-state index contributed by atoms with van der Waals surface area (Å²) in [6, 6.07) is 9.41. The summed E-state index contributed by atoms with van der Waals surface area (Å²) in [7, 11) is 0. The highest BCUT2D eigenvalue weighted by molar-refractivity contribution is 5.99. The minimum Gasteiger partial charge on any atom is -0.397 e. The van der Waals surface area contributed by atoms with Gasteiger partial charge in [0, 0.05) is 23.6 Å². The standard InChI is InChI=1S/C17H14F3N5O/c18-17(19,20)11-5-7-22-14(9-11)25-16(26)24-12-3-1-10(2-4-12)15-13(21)6-8-23-15/h1-9,23H,21H2,(H2,22,24,25,26). The molecule has 0 saturated heterocycles. The molecule has 26 heavy (non-hydrogen) atoms. The summed E-state index contributed by atoms with van der Waals surface area (Å²) in [5.74, 6) is -0.201. The van der Waals surface area contributed by atoms with E-state index in [4.69, 9.17) is 5.73 Å². The fourth-order valence-corrected chi connectivity index (χ4v) is 2.31. The predicted octanol–water partition coefficient (Wildman–Crippen LogP) is 4.32. The van der Waals surface area contributed by atoms with Crippen LogP contribution in [-0.2, 0) is 6.18 Å². The van der Waals surface area contributed by atoms with Gasteiger partial charge in [-0.05, 0) is 30.3 Å². The zero-order valence-electron chi connectivity index (χ0n) is 13.3. The second-order valence-electron chi connectivity index (χ2n) is 5.39. The molecule has 0 aliphatic heterocycles. The molecule has 9 heteroatoms. The van der Waals surface area contributed by atoms with Crippen LogP contribution in [0.2, 0.25) is 0 Å². The molecule has 2 heterocycles. The van der Waals surface area contributed by atoms with E-state index in [9.17, 15) is 18.0 Å². The number of carbonyl (C=O) groups excluding carboxylic acids is 1. The maximum Gasteiger partial charge on any atom is 0.416 e. The number of alkyl halides is 3. The molecule has 0 saturated carbocycles. The molecule has 1 aromatic carbocycles. The Bertz CT molecular complexity index is 919. The van der Waals surface area contributed by atoms with Crippen molar-refractivity contribution in [2.45, 2.75) is 6.18 Å². The zero-order chi connectivity index (χ0) is 18.7. The molecule has 0 spiro atoms. The zero-order valence-corrected chi connectivity index (χ0v) is 13.3. The Balaban J connectivity index is 1.66. The summed E-state index contributed by atoms with van der Waals surface area (Å²) in [6.45, 7) is 0. The van der Waals surface area contributed by atoms with E-state index in [1.54, 1.807) is 36.5 Å². The maximum atomic E-state index is 12.7. The minimum absolute atomic E-state index is 0.201. The van der Waals surface area contributed by atoms with Crippen LogP contribution in [0.3, 0.4) is 0 Å². The summed E-state index contributed by atoms with van der Waals surface area (Å²) >= 11 is 0. The van der Waals surface area contributed by atoms with Gasteiger partial charge in [0.05, 0.1) is 16.9 Å². The number of aromatic amines is 1. The maximum absolute atomic E-state index is 12.7. The molecule has 3 aromatic rings. The normalized spacial score (nSPS) is 11.2. The average molecular weight is 361 g/mol. The number of nitrogens with zero attached hydrogens (tertiary/aromatic N) is 1. The van der Waals surface area contributed by atoms with Crippen molar-refractivity contribution in [3.63, 3.8) is 0 Å². The van der Waals surface area contributed by atoms with Gasteiger partial charge in [0.15, 0.2) is 0 Å². The summed E-state index contributed by atoms with van der Waals surface area (Å²) in [5, 5.41) is 4.79. The number of hydrogen-bond acceptors (Lipinski definition) is 3. The highest BCUT2D eigenvalue weighted by atomic mass is 19.4. The number of nitrogen functional groups attached to an aromatic ring is 1. The highest BCUT2D eigenvalue weighted by Gasteiger charge is 2.30. The molecule has 0 aliphatic carbocycles. The van der Waals surface area contributed by atoms with E-state index in [2.05, 4.69) is 20.6 Å². The number of amides is 2. The number of pyridine rings is 1. The fourth-order valence-electron chi connectivity index (χ4n) is 2.31. The third-order valence-electron chi connectivity index (χ3n) is 3.54. The van der Waals surface area contributed by atoms with Gasteiger partial charge in [-0.2, -0.15) is 13.2 Å². The molecule has 0 radical (unpaired) electrons. The Hall–Kier alpha value is -3.49. The van der Waals surface area contributed by atoms with Gasteiger partial charge in [0.25, 0.3) is 0 Å². The molecule has 2 amide bonds. The van der Waals surface area contributed by atoms with E-state index in [-0.39, 0.29) is 5.82 Å². The third kappa shape index (κ3) is 3.94. The fraction of sp³-hybridized carbons (Fsp3) is 0.0588. The molecule has 5 N–H and O–H groups in total. The van der Waals surface area contributed by atoms with E-state index in [1.165, 1.54) is 0 Å². The van der Waals surface area contributed by atoms with Crippen molar-refractivity contribution in [1.29, 1.82) is 0 Å². The van der Waals surface area contributed by atoms with Crippen LogP contribution in [0.15, 0.2) is 54.9 Å². The van der Waals surface area contributed by atoms with E-state index in [1.807, 2.05) is 0 Å². The smallest absolute Gasteiger partial charge is 0.397 e. The monoisotopic (exact) mass is 361 g/mol. The van der Waals surface area contributed by atoms with Crippen LogP contribution >= 0.6 is 0 Å². The number of nitrogens with two attached hydrogens (primary N) is 1. The predicted molar refractivity (Wildman–Crippen MR) is 92.5 cm³/mol. The van der Waals surface area contributed by atoms with Crippen LogP contribution in [0.1, 0.15) is 5.56 Å². The van der Waals surface area contributed by atoms with Crippen LogP contribution < -0.4 is 16.4 Å². The minimum atomic E-state index is -4.51. The van der Waals surface area contributed by atoms with E-state index < -0.39 is 17.8 Å². The van der Waals surface area contributed by atoms with Gasteiger partial charge in [0.1, 0.15) is 5.82 Å². The van der Waals surface area contributed by atoms with Gasteiger partial charge in [-0.3, -0.25) is 5.32 Å². The number of halogens is 3. The number of anilines is 3. The number of urea groups is 1. The number of carbonyl (C=O) groups is 1.